The number of hydrogen-bond donors (Lipinski definition) is 2. The molecule has 12 heteroatoms. The van der Waals surface area contributed by atoms with Crippen LogP contribution in [-0.2, 0) is 4.74 Å². The Kier molecular flexibility index (Phi) is 22.9. The van der Waals surface area contributed by atoms with Crippen molar-refractivity contribution >= 4 is 29.2 Å². The molecule has 0 aromatic carbocycles. The van der Waals surface area contributed by atoms with Gasteiger partial charge in [0.15, 0.2) is 5.11 Å². The van der Waals surface area contributed by atoms with Crippen molar-refractivity contribution in [1.29, 1.82) is 0 Å². The SMILES string of the molecule is CC.CCOC(=O)NC(=S)Nc1nc(OCCF)ccc1C(F)F.CF.CF. The maximum absolute atomic E-state index is 12.9. The monoisotopic (exact) mass is 435 g/mol. The topological polar surface area (TPSA) is 72.5 Å². The van der Waals surface area contributed by atoms with Crippen molar-refractivity contribution < 1.29 is 36.2 Å². The summed E-state index contributed by atoms with van der Waals surface area (Å²) in [4.78, 5) is 14.9. The number of halogens is 5. The summed E-state index contributed by atoms with van der Waals surface area (Å²) in [6, 6.07) is 2.25. The zero-order chi connectivity index (χ0) is 22.5. The Bertz CT molecular complexity index is 540. The van der Waals surface area contributed by atoms with Crippen LogP contribution in [-0.4, -0.2) is 50.4 Å². The van der Waals surface area contributed by atoms with E-state index in [0.717, 1.165) is 6.07 Å². The molecular formula is C16H26F5N3O3S. The highest BCUT2D eigenvalue weighted by molar-refractivity contribution is 7.80. The lowest BCUT2D eigenvalue weighted by atomic mass is 10.2. The molecule has 0 unspecified atom stereocenters. The van der Waals surface area contributed by atoms with Gasteiger partial charge in [0.1, 0.15) is 19.1 Å². The van der Waals surface area contributed by atoms with Gasteiger partial charge in [-0.2, -0.15) is 4.98 Å². The van der Waals surface area contributed by atoms with Crippen LogP contribution in [0.5, 0.6) is 5.88 Å². The van der Waals surface area contributed by atoms with Gasteiger partial charge in [-0.05, 0) is 25.2 Å². The quantitative estimate of drug-likeness (QED) is 0.484. The van der Waals surface area contributed by atoms with Crippen molar-refractivity contribution in [3.63, 3.8) is 0 Å². The summed E-state index contributed by atoms with van der Waals surface area (Å²) < 4.78 is 66.4. The molecule has 1 aromatic heterocycles. The number of pyridine rings is 1. The van der Waals surface area contributed by atoms with Crippen LogP contribution < -0.4 is 15.4 Å². The van der Waals surface area contributed by atoms with Crippen LogP contribution >= 0.6 is 12.2 Å². The van der Waals surface area contributed by atoms with Gasteiger partial charge >= 0.3 is 6.09 Å². The first-order valence-electron chi connectivity index (χ1n) is 7.96. The Morgan fingerprint density at radius 3 is 2.25 bits per heavy atom. The second-order valence-electron chi connectivity index (χ2n) is 3.73. The van der Waals surface area contributed by atoms with Gasteiger partial charge in [0.05, 0.1) is 26.5 Å². The molecule has 2 N–H and O–H groups in total. The molecule has 0 radical (unpaired) electrons. The molecule has 0 aliphatic carbocycles. The van der Waals surface area contributed by atoms with Crippen molar-refractivity contribution in [2.45, 2.75) is 27.2 Å². The van der Waals surface area contributed by atoms with Gasteiger partial charge in [0.25, 0.3) is 6.43 Å². The van der Waals surface area contributed by atoms with E-state index in [1.807, 2.05) is 13.8 Å². The highest BCUT2D eigenvalue weighted by Gasteiger charge is 2.17. The molecule has 0 aliphatic heterocycles. The van der Waals surface area contributed by atoms with E-state index in [9.17, 15) is 26.7 Å². The second-order valence-corrected chi connectivity index (χ2v) is 4.13. The van der Waals surface area contributed by atoms with Crippen molar-refractivity contribution in [3.05, 3.63) is 17.7 Å². The number of aromatic nitrogens is 1. The second kappa shape index (κ2) is 21.1. The predicted octanol–water partition coefficient (Wildman–Crippen LogP) is 5.01. The van der Waals surface area contributed by atoms with Crippen LogP contribution in [0.25, 0.3) is 0 Å². The van der Waals surface area contributed by atoms with Gasteiger partial charge in [-0.25, -0.2) is 18.0 Å². The molecule has 1 aromatic rings. The number of thiocarbonyl (C=S) groups is 1. The Morgan fingerprint density at radius 1 is 1.21 bits per heavy atom. The minimum absolute atomic E-state index is 0.0523. The minimum Gasteiger partial charge on any atom is -0.475 e. The van der Waals surface area contributed by atoms with Gasteiger partial charge in [-0.15, -0.1) is 0 Å². The van der Waals surface area contributed by atoms with Crippen LogP contribution in [0.1, 0.15) is 32.8 Å². The van der Waals surface area contributed by atoms with Crippen LogP contribution in [0.4, 0.5) is 32.6 Å². The third kappa shape index (κ3) is 13.9. The van der Waals surface area contributed by atoms with Crippen LogP contribution in [0, 0.1) is 0 Å². The first-order chi connectivity index (χ1) is 13.5. The lowest BCUT2D eigenvalue weighted by Crippen LogP contribution is -2.35. The molecule has 0 atom stereocenters. The van der Waals surface area contributed by atoms with Gasteiger partial charge < -0.3 is 14.8 Å². The van der Waals surface area contributed by atoms with E-state index in [0.29, 0.717) is 14.4 Å². The van der Waals surface area contributed by atoms with Crippen molar-refractivity contribution in [3.8, 4) is 5.88 Å². The summed E-state index contributed by atoms with van der Waals surface area (Å²) in [6.45, 7) is 4.72. The first-order valence-corrected chi connectivity index (χ1v) is 8.37. The standard InChI is InChI=1S/C12H14F3N3O3S.C2H6.2CH3F/c1-2-20-12(19)18-11(22)17-10-7(9(14)15)3-4-8(16-10)21-6-5-13;3*1-2/h3-4,9H,2,5-6H2,1H3,(H2,16,17,18,19,22);1-2H3;2*1H3. The molecule has 1 rings (SSSR count). The smallest absolute Gasteiger partial charge is 0.413 e. The lowest BCUT2D eigenvalue weighted by molar-refractivity contribution is 0.151. The van der Waals surface area contributed by atoms with Crippen LogP contribution in [0.2, 0.25) is 0 Å². The number of nitrogens with one attached hydrogen (secondary N) is 2. The average molecular weight is 435 g/mol. The molecule has 1 heterocycles. The largest absolute Gasteiger partial charge is 0.475 e. The molecule has 6 nitrogen and oxygen atoms in total. The number of carbonyl (C=O) groups is 1. The van der Waals surface area contributed by atoms with E-state index in [2.05, 4.69) is 20.4 Å². The lowest BCUT2D eigenvalue weighted by Gasteiger charge is -2.13. The zero-order valence-electron chi connectivity index (χ0n) is 16.3. The Morgan fingerprint density at radius 2 is 1.79 bits per heavy atom. The third-order valence-corrected chi connectivity index (χ3v) is 2.39. The van der Waals surface area contributed by atoms with Gasteiger partial charge in [0, 0.05) is 6.07 Å². The van der Waals surface area contributed by atoms with E-state index in [-0.39, 0.29) is 30.0 Å². The van der Waals surface area contributed by atoms with Crippen molar-refractivity contribution in [2.75, 3.05) is 39.6 Å². The van der Waals surface area contributed by atoms with E-state index in [1.165, 1.54) is 6.07 Å². The number of hydrogen-bond acceptors (Lipinski definition) is 5. The Balaban J connectivity index is -0.000000946. The molecule has 0 fully saturated rings. The number of alkyl halides is 5. The number of amides is 1. The fourth-order valence-electron chi connectivity index (χ4n) is 1.35. The summed E-state index contributed by atoms with van der Waals surface area (Å²) in [5.74, 6) is -0.350. The normalized spacial score (nSPS) is 8.68. The molecule has 1 amide bonds. The maximum atomic E-state index is 12.9. The number of nitrogens with zero attached hydrogens (tertiary/aromatic N) is 1. The first kappa shape index (κ1) is 30.5. The average Bonchev–Trinajstić information content (AvgIpc) is 2.71. The number of anilines is 1. The number of alkyl carbamates (subject to hydrolysis) is 1. The van der Waals surface area contributed by atoms with E-state index in [4.69, 9.17) is 17.0 Å². The molecule has 0 aliphatic rings. The molecule has 28 heavy (non-hydrogen) atoms. The third-order valence-electron chi connectivity index (χ3n) is 2.19. The van der Waals surface area contributed by atoms with E-state index >= 15 is 0 Å². The van der Waals surface area contributed by atoms with Crippen molar-refractivity contribution in [2.24, 2.45) is 0 Å². The fraction of sp³-hybridized carbons (Fsp3) is 0.562. The number of carbonyl (C=O) groups excluding carboxylic acids is 1. The summed E-state index contributed by atoms with van der Waals surface area (Å²) in [5.41, 5.74) is -0.444. The highest BCUT2D eigenvalue weighted by atomic mass is 32.1. The molecule has 0 spiro atoms. The zero-order valence-corrected chi connectivity index (χ0v) is 17.1. The summed E-state index contributed by atoms with van der Waals surface area (Å²) in [7, 11) is 1.00. The fourth-order valence-corrected chi connectivity index (χ4v) is 1.53. The summed E-state index contributed by atoms with van der Waals surface area (Å²) in [6.07, 6.45) is -3.65. The van der Waals surface area contributed by atoms with Gasteiger partial charge in [-0.3, -0.25) is 14.1 Å². The highest BCUT2D eigenvalue weighted by Crippen LogP contribution is 2.27. The maximum Gasteiger partial charge on any atom is 0.413 e. The van der Waals surface area contributed by atoms with E-state index in [1.54, 1.807) is 6.92 Å². The number of rotatable bonds is 6. The molecule has 0 bridgehead atoms. The Hall–Kier alpha value is -2.24. The van der Waals surface area contributed by atoms with Crippen LogP contribution in [0.3, 0.4) is 0 Å². The number of ether oxygens (including phenoxy) is 2. The minimum atomic E-state index is -2.82. The van der Waals surface area contributed by atoms with E-state index < -0.39 is 24.8 Å². The molecular weight excluding hydrogens is 409 g/mol. The van der Waals surface area contributed by atoms with Crippen LogP contribution in [0.15, 0.2) is 12.1 Å². The van der Waals surface area contributed by atoms with Crippen molar-refractivity contribution in [1.82, 2.24) is 10.3 Å². The van der Waals surface area contributed by atoms with Gasteiger partial charge in [0.2, 0.25) is 5.88 Å². The predicted molar refractivity (Wildman–Crippen MR) is 102 cm³/mol. The Labute approximate surface area is 166 Å². The molecule has 0 saturated carbocycles. The molecule has 164 valence electrons. The summed E-state index contributed by atoms with van der Waals surface area (Å²) in [5, 5.41) is 4.22. The molecule has 0 saturated heterocycles. The summed E-state index contributed by atoms with van der Waals surface area (Å²) >= 11 is 4.79. The van der Waals surface area contributed by atoms with Gasteiger partial charge in [-0.1, -0.05) is 13.8 Å².